The van der Waals surface area contributed by atoms with Gasteiger partial charge in [0.15, 0.2) is 0 Å². The normalized spacial score (nSPS) is 36.5. The maximum Gasteiger partial charge on any atom is 0.314 e. The van der Waals surface area contributed by atoms with Gasteiger partial charge in [0.1, 0.15) is 0 Å². The second-order valence-corrected chi connectivity index (χ2v) is 8.60. The fourth-order valence-corrected chi connectivity index (χ4v) is 5.97. The largest absolute Gasteiger partial charge is 0.351 e. The van der Waals surface area contributed by atoms with Gasteiger partial charge in [0, 0.05) is 31.6 Å². The molecule has 4 unspecified atom stereocenters. The van der Waals surface area contributed by atoms with Crippen molar-refractivity contribution in [2.45, 2.75) is 63.8 Å². The molecule has 4 atom stereocenters. The summed E-state index contributed by atoms with van der Waals surface area (Å²) in [5.41, 5.74) is 5.35. The van der Waals surface area contributed by atoms with Crippen LogP contribution in [0.25, 0.3) is 0 Å². The van der Waals surface area contributed by atoms with Crippen molar-refractivity contribution in [1.29, 1.82) is 0 Å². The number of rotatable bonds is 3. The number of carbonyl (C=O) groups is 2. The predicted octanol–water partition coefficient (Wildman–Crippen LogP) is 2.59. The molecule has 2 saturated heterocycles. The predicted molar refractivity (Wildman–Crippen MR) is 92.2 cm³/mol. The van der Waals surface area contributed by atoms with Crippen molar-refractivity contribution in [3.63, 3.8) is 0 Å². The first-order valence-electron chi connectivity index (χ1n) is 9.96. The molecule has 3 amide bonds. The maximum atomic E-state index is 13.0. The molecule has 2 aliphatic heterocycles. The first kappa shape index (κ1) is 16.2. The third-order valence-electron chi connectivity index (χ3n) is 7.28. The van der Waals surface area contributed by atoms with Gasteiger partial charge in [0.25, 0.3) is 0 Å². The Bertz CT molecular complexity index is 501. The summed E-state index contributed by atoms with van der Waals surface area (Å²) >= 11 is 0. The minimum Gasteiger partial charge on any atom is -0.351 e. The van der Waals surface area contributed by atoms with Crippen LogP contribution in [-0.4, -0.2) is 47.4 Å². The number of fused-ring (bicyclic) bond motifs is 2. The molecule has 4 rings (SSSR count). The number of likely N-dealkylation sites (tertiary alicyclic amines) is 2. The van der Waals surface area contributed by atoms with E-state index in [-0.39, 0.29) is 11.9 Å². The van der Waals surface area contributed by atoms with Crippen molar-refractivity contribution in [3.8, 4) is 0 Å². The van der Waals surface area contributed by atoms with Crippen LogP contribution >= 0.6 is 0 Å². The van der Waals surface area contributed by atoms with Crippen LogP contribution in [0.4, 0.5) is 4.79 Å². The fraction of sp³-hybridized carbons (Fsp3) is 0.895. The van der Waals surface area contributed by atoms with Crippen LogP contribution < -0.4 is 5.73 Å². The zero-order valence-corrected chi connectivity index (χ0v) is 14.7. The SMILES string of the molecule is NC(=O)N1CCC(C(=O)N2CCCC2CC2CC3CCC2C3)CC1. The minimum atomic E-state index is -0.351. The molecule has 2 aliphatic carbocycles. The van der Waals surface area contributed by atoms with E-state index in [0.29, 0.717) is 25.0 Å². The lowest BCUT2D eigenvalue weighted by molar-refractivity contribution is -0.138. The van der Waals surface area contributed by atoms with Crippen molar-refractivity contribution >= 4 is 11.9 Å². The Labute approximate surface area is 144 Å². The number of nitrogens with two attached hydrogens (primary N) is 1. The average Bonchev–Trinajstić information content (AvgIpc) is 3.31. The maximum absolute atomic E-state index is 13.0. The second-order valence-electron chi connectivity index (χ2n) is 8.60. The molecule has 5 nitrogen and oxygen atoms in total. The summed E-state index contributed by atoms with van der Waals surface area (Å²) in [6.07, 6.45) is 10.9. The molecule has 2 saturated carbocycles. The number of hydrogen-bond donors (Lipinski definition) is 1. The number of primary amides is 1. The Morgan fingerprint density at radius 2 is 1.75 bits per heavy atom. The highest BCUT2D eigenvalue weighted by Gasteiger charge is 2.42. The summed E-state index contributed by atoms with van der Waals surface area (Å²) in [5.74, 6) is 3.26. The topological polar surface area (TPSA) is 66.6 Å². The van der Waals surface area contributed by atoms with E-state index in [4.69, 9.17) is 5.73 Å². The highest BCUT2D eigenvalue weighted by Crippen LogP contribution is 2.50. The lowest BCUT2D eigenvalue weighted by Gasteiger charge is -2.35. The van der Waals surface area contributed by atoms with E-state index in [1.54, 1.807) is 4.90 Å². The Hall–Kier alpha value is -1.26. The summed E-state index contributed by atoms with van der Waals surface area (Å²) in [5, 5.41) is 0. The smallest absolute Gasteiger partial charge is 0.314 e. The van der Waals surface area contributed by atoms with Crippen LogP contribution in [0.2, 0.25) is 0 Å². The molecule has 24 heavy (non-hydrogen) atoms. The zero-order valence-electron chi connectivity index (χ0n) is 14.7. The van der Waals surface area contributed by atoms with E-state index in [2.05, 4.69) is 4.90 Å². The Morgan fingerprint density at radius 3 is 2.38 bits per heavy atom. The molecule has 2 bridgehead atoms. The van der Waals surface area contributed by atoms with E-state index in [0.717, 1.165) is 43.6 Å². The summed E-state index contributed by atoms with van der Waals surface area (Å²) < 4.78 is 0. The van der Waals surface area contributed by atoms with Crippen LogP contribution in [0.5, 0.6) is 0 Å². The van der Waals surface area contributed by atoms with Gasteiger partial charge < -0.3 is 15.5 Å². The molecule has 0 aromatic carbocycles. The molecule has 5 heteroatoms. The molecule has 4 fully saturated rings. The van der Waals surface area contributed by atoms with Gasteiger partial charge in [-0.25, -0.2) is 4.79 Å². The van der Waals surface area contributed by atoms with E-state index in [9.17, 15) is 9.59 Å². The van der Waals surface area contributed by atoms with Gasteiger partial charge >= 0.3 is 6.03 Å². The molecular formula is C19H31N3O2. The number of carbonyl (C=O) groups excluding carboxylic acids is 2. The highest BCUT2D eigenvalue weighted by molar-refractivity contribution is 5.80. The first-order chi connectivity index (χ1) is 11.6. The van der Waals surface area contributed by atoms with Crippen molar-refractivity contribution in [2.75, 3.05) is 19.6 Å². The van der Waals surface area contributed by atoms with Crippen LogP contribution in [-0.2, 0) is 4.79 Å². The second kappa shape index (κ2) is 6.57. The van der Waals surface area contributed by atoms with Gasteiger partial charge in [-0.3, -0.25) is 4.79 Å². The molecule has 0 spiro atoms. The molecule has 4 aliphatic rings. The molecule has 2 heterocycles. The standard InChI is InChI=1S/C19H31N3O2/c20-19(24)21-8-5-14(6-9-21)18(23)22-7-1-2-17(22)12-16-11-13-3-4-15(16)10-13/h13-17H,1-12H2,(H2,20,24). The summed E-state index contributed by atoms with van der Waals surface area (Å²) in [6.45, 7) is 2.22. The van der Waals surface area contributed by atoms with Crippen LogP contribution in [0.15, 0.2) is 0 Å². The number of piperidine rings is 1. The lowest BCUT2D eigenvalue weighted by Crippen LogP contribution is -2.47. The Kier molecular flexibility index (Phi) is 4.44. The highest BCUT2D eigenvalue weighted by atomic mass is 16.2. The first-order valence-corrected chi connectivity index (χ1v) is 9.96. The molecule has 2 N–H and O–H groups in total. The summed E-state index contributed by atoms with van der Waals surface area (Å²) in [6, 6.07) is 0.132. The van der Waals surface area contributed by atoms with E-state index in [1.807, 2.05) is 0 Å². The zero-order chi connectivity index (χ0) is 16.7. The van der Waals surface area contributed by atoms with Gasteiger partial charge in [-0.1, -0.05) is 6.42 Å². The molecular weight excluding hydrogens is 302 g/mol. The van der Waals surface area contributed by atoms with Crippen LogP contribution in [0.1, 0.15) is 57.8 Å². The van der Waals surface area contributed by atoms with Crippen molar-refractivity contribution < 1.29 is 9.59 Å². The van der Waals surface area contributed by atoms with Gasteiger partial charge in [-0.2, -0.15) is 0 Å². The molecule has 0 aromatic heterocycles. The quantitative estimate of drug-likeness (QED) is 0.862. The van der Waals surface area contributed by atoms with E-state index in [1.165, 1.54) is 38.5 Å². The van der Waals surface area contributed by atoms with Crippen molar-refractivity contribution in [3.05, 3.63) is 0 Å². The third kappa shape index (κ3) is 3.02. The fourth-order valence-electron chi connectivity index (χ4n) is 5.97. The Balaban J connectivity index is 1.33. The van der Waals surface area contributed by atoms with Gasteiger partial charge in [-0.15, -0.1) is 0 Å². The monoisotopic (exact) mass is 333 g/mol. The number of nitrogens with zero attached hydrogens (tertiary/aromatic N) is 2. The van der Waals surface area contributed by atoms with Crippen molar-refractivity contribution in [2.24, 2.45) is 29.4 Å². The van der Waals surface area contributed by atoms with Gasteiger partial charge in [0.05, 0.1) is 0 Å². The van der Waals surface area contributed by atoms with E-state index < -0.39 is 0 Å². The molecule has 134 valence electrons. The van der Waals surface area contributed by atoms with Crippen LogP contribution in [0.3, 0.4) is 0 Å². The number of urea groups is 1. The summed E-state index contributed by atoms with van der Waals surface area (Å²) in [7, 11) is 0. The molecule has 0 radical (unpaired) electrons. The number of hydrogen-bond acceptors (Lipinski definition) is 2. The minimum absolute atomic E-state index is 0.0984. The average molecular weight is 333 g/mol. The third-order valence-corrected chi connectivity index (χ3v) is 7.28. The van der Waals surface area contributed by atoms with Gasteiger partial charge in [0.2, 0.25) is 5.91 Å². The summed E-state index contributed by atoms with van der Waals surface area (Å²) in [4.78, 5) is 28.1. The van der Waals surface area contributed by atoms with Gasteiger partial charge in [-0.05, 0) is 69.1 Å². The van der Waals surface area contributed by atoms with Crippen LogP contribution in [0, 0.1) is 23.7 Å². The Morgan fingerprint density at radius 1 is 0.958 bits per heavy atom. The van der Waals surface area contributed by atoms with E-state index >= 15 is 0 Å². The lowest BCUT2D eigenvalue weighted by atomic mass is 9.83. The van der Waals surface area contributed by atoms with Crippen molar-refractivity contribution in [1.82, 2.24) is 9.80 Å². The number of amides is 3. The molecule has 0 aromatic rings.